The molecule has 1 aliphatic rings. The molecule has 0 amide bonds. The van der Waals surface area contributed by atoms with Gasteiger partial charge < -0.3 is 19.9 Å². The van der Waals surface area contributed by atoms with E-state index < -0.39 is 6.29 Å². The number of aliphatic hydroxyl groups excluding tert-OH is 1. The molecule has 2 N–H and O–H groups in total. The summed E-state index contributed by atoms with van der Waals surface area (Å²) in [7, 11) is 3.08. The molecule has 6 heteroatoms. The molecule has 0 radical (unpaired) electrons. The number of benzene rings is 1. The van der Waals surface area contributed by atoms with Crippen LogP contribution in [0.3, 0.4) is 0 Å². The summed E-state index contributed by atoms with van der Waals surface area (Å²) in [6, 6.07) is 6.58. The van der Waals surface area contributed by atoms with Crippen molar-refractivity contribution in [1.29, 1.82) is 0 Å². The van der Waals surface area contributed by atoms with Gasteiger partial charge in [-0.2, -0.15) is 5.10 Å². The van der Waals surface area contributed by atoms with Gasteiger partial charge in [0.25, 0.3) is 0 Å². The number of nitrogens with zero attached hydrogens (tertiary/aromatic N) is 2. The van der Waals surface area contributed by atoms with Crippen molar-refractivity contribution in [2.24, 2.45) is 0 Å². The topological polar surface area (TPSA) is 68.5 Å². The number of methoxy groups -OCH3 is 2. The highest BCUT2D eigenvalue weighted by Crippen LogP contribution is 2.20. The Balaban J connectivity index is 1.82. The van der Waals surface area contributed by atoms with Gasteiger partial charge in [-0.05, 0) is 29.7 Å². The summed E-state index contributed by atoms with van der Waals surface area (Å²) in [5.74, 6) is 0. The van der Waals surface area contributed by atoms with Crippen molar-refractivity contribution in [3.8, 4) is 0 Å². The molecular weight excluding hydrogens is 294 g/mol. The summed E-state index contributed by atoms with van der Waals surface area (Å²) in [5, 5.41) is 17.8. The zero-order chi connectivity index (χ0) is 16.2. The Hall–Kier alpha value is -1.73. The minimum absolute atomic E-state index is 0.344. The molecule has 3 rings (SSSR count). The minimum atomic E-state index is -0.985. The number of aromatic nitrogens is 2. The van der Waals surface area contributed by atoms with E-state index in [-0.39, 0.29) is 0 Å². The molecular formula is C17H23N3O3. The third kappa shape index (κ3) is 3.61. The van der Waals surface area contributed by atoms with Crippen molar-refractivity contribution in [3.05, 3.63) is 52.3 Å². The van der Waals surface area contributed by atoms with Crippen LogP contribution in [0.2, 0.25) is 0 Å². The smallest absolute Gasteiger partial charge is 0.184 e. The van der Waals surface area contributed by atoms with E-state index in [1.165, 1.54) is 23.8 Å². The Labute approximate surface area is 136 Å². The standard InChI is InChI=1S/C17H23N3O3/c1-22-11-16-15(17(21)23-2)10-20(19-16)9-12-3-4-13-5-6-18-8-14(13)7-12/h3-4,7,10,17-18,21H,5-6,8-9,11H2,1-2H3. The fraction of sp³-hybridized carbons (Fsp3) is 0.471. The first-order valence-corrected chi connectivity index (χ1v) is 7.78. The Morgan fingerprint density at radius 2 is 2.22 bits per heavy atom. The molecule has 6 nitrogen and oxygen atoms in total. The number of hydrogen-bond donors (Lipinski definition) is 2. The minimum Gasteiger partial charge on any atom is -0.378 e. The molecule has 0 saturated heterocycles. The molecule has 1 atom stereocenters. The summed E-state index contributed by atoms with van der Waals surface area (Å²) in [6.45, 7) is 2.96. The first-order chi connectivity index (χ1) is 11.2. The maximum Gasteiger partial charge on any atom is 0.184 e. The second kappa shape index (κ2) is 7.23. The van der Waals surface area contributed by atoms with Gasteiger partial charge in [-0.15, -0.1) is 0 Å². The van der Waals surface area contributed by atoms with E-state index in [0.29, 0.717) is 24.4 Å². The van der Waals surface area contributed by atoms with Crippen LogP contribution in [0.4, 0.5) is 0 Å². The highest BCUT2D eigenvalue weighted by atomic mass is 16.6. The second-order valence-corrected chi connectivity index (χ2v) is 5.78. The molecule has 1 unspecified atom stereocenters. The van der Waals surface area contributed by atoms with Gasteiger partial charge in [0.15, 0.2) is 6.29 Å². The van der Waals surface area contributed by atoms with Gasteiger partial charge in [0, 0.05) is 27.0 Å². The molecule has 2 aromatic rings. The lowest BCUT2D eigenvalue weighted by molar-refractivity contribution is -0.0781. The quantitative estimate of drug-likeness (QED) is 0.788. The van der Waals surface area contributed by atoms with Crippen LogP contribution in [0.5, 0.6) is 0 Å². The number of rotatable bonds is 6. The predicted molar refractivity (Wildman–Crippen MR) is 85.9 cm³/mol. The van der Waals surface area contributed by atoms with Crippen LogP contribution in [-0.4, -0.2) is 35.7 Å². The average molecular weight is 317 g/mol. The highest BCUT2D eigenvalue weighted by Gasteiger charge is 2.17. The summed E-state index contributed by atoms with van der Waals surface area (Å²) >= 11 is 0. The van der Waals surface area contributed by atoms with Crippen molar-refractivity contribution in [2.45, 2.75) is 32.4 Å². The Kier molecular flexibility index (Phi) is 5.07. The number of fused-ring (bicyclic) bond motifs is 1. The maximum atomic E-state index is 9.93. The Morgan fingerprint density at radius 1 is 1.35 bits per heavy atom. The van der Waals surface area contributed by atoms with Crippen molar-refractivity contribution in [1.82, 2.24) is 15.1 Å². The zero-order valence-electron chi connectivity index (χ0n) is 13.6. The van der Waals surface area contributed by atoms with Gasteiger partial charge in [0.2, 0.25) is 0 Å². The molecule has 0 aliphatic carbocycles. The third-order valence-electron chi connectivity index (χ3n) is 4.14. The molecule has 124 valence electrons. The largest absolute Gasteiger partial charge is 0.378 e. The summed E-state index contributed by atoms with van der Waals surface area (Å²) in [6.07, 6.45) is 1.92. The summed E-state index contributed by atoms with van der Waals surface area (Å²) in [5.41, 5.74) is 5.31. The van der Waals surface area contributed by atoms with E-state index in [0.717, 1.165) is 19.5 Å². The fourth-order valence-electron chi connectivity index (χ4n) is 2.96. The third-order valence-corrected chi connectivity index (χ3v) is 4.14. The molecule has 1 aromatic heterocycles. The van der Waals surface area contributed by atoms with E-state index in [9.17, 15) is 5.11 Å². The normalized spacial score (nSPS) is 15.4. The second-order valence-electron chi connectivity index (χ2n) is 5.78. The zero-order valence-corrected chi connectivity index (χ0v) is 13.6. The SMILES string of the molecule is COCc1nn(Cc2ccc3c(c2)CNCC3)cc1C(O)OC. The van der Waals surface area contributed by atoms with Gasteiger partial charge in [-0.1, -0.05) is 18.2 Å². The summed E-state index contributed by atoms with van der Waals surface area (Å²) in [4.78, 5) is 0. The van der Waals surface area contributed by atoms with Crippen molar-refractivity contribution >= 4 is 0 Å². The van der Waals surface area contributed by atoms with E-state index in [2.05, 4.69) is 28.6 Å². The number of nitrogens with one attached hydrogen (secondary N) is 1. The molecule has 0 saturated carbocycles. The first kappa shape index (κ1) is 16.1. The van der Waals surface area contributed by atoms with Crippen molar-refractivity contribution in [2.75, 3.05) is 20.8 Å². The molecule has 1 aromatic carbocycles. The molecule has 23 heavy (non-hydrogen) atoms. The molecule has 2 heterocycles. The number of aliphatic hydroxyl groups is 1. The highest BCUT2D eigenvalue weighted by molar-refractivity contribution is 5.34. The number of hydrogen-bond acceptors (Lipinski definition) is 5. The van der Waals surface area contributed by atoms with Crippen LogP contribution in [0.15, 0.2) is 24.4 Å². The van der Waals surface area contributed by atoms with Crippen molar-refractivity contribution in [3.63, 3.8) is 0 Å². The van der Waals surface area contributed by atoms with Gasteiger partial charge >= 0.3 is 0 Å². The van der Waals surface area contributed by atoms with E-state index >= 15 is 0 Å². The van der Waals surface area contributed by atoms with E-state index in [1.54, 1.807) is 7.11 Å². The van der Waals surface area contributed by atoms with Crippen LogP contribution in [0.25, 0.3) is 0 Å². The molecule has 0 spiro atoms. The molecule has 0 bridgehead atoms. The van der Waals surface area contributed by atoms with Crippen LogP contribution >= 0.6 is 0 Å². The lowest BCUT2D eigenvalue weighted by atomic mass is 9.98. The van der Waals surface area contributed by atoms with E-state index in [1.807, 2.05) is 10.9 Å². The summed E-state index contributed by atoms with van der Waals surface area (Å²) < 4.78 is 12.0. The number of ether oxygens (including phenoxy) is 2. The van der Waals surface area contributed by atoms with Gasteiger partial charge in [-0.3, -0.25) is 4.68 Å². The fourth-order valence-corrected chi connectivity index (χ4v) is 2.96. The maximum absolute atomic E-state index is 9.93. The van der Waals surface area contributed by atoms with Crippen molar-refractivity contribution < 1.29 is 14.6 Å². The first-order valence-electron chi connectivity index (χ1n) is 7.78. The Morgan fingerprint density at radius 3 is 3.00 bits per heavy atom. The van der Waals surface area contributed by atoms with E-state index in [4.69, 9.17) is 9.47 Å². The van der Waals surface area contributed by atoms with Crippen LogP contribution in [0.1, 0.15) is 34.2 Å². The molecule has 0 fully saturated rings. The Bertz CT molecular complexity index is 669. The lowest BCUT2D eigenvalue weighted by Crippen LogP contribution is -2.23. The monoisotopic (exact) mass is 317 g/mol. The van der Waals surface area contributed by atoms with Gasteiger partial charge in [-0.25, -0.2) is 0 Å². The molecule has 1 aliphatic heterocycles. The van der Waals surface area contributed by atoms with Gasteiger partial charge in [0.05, 0.1) is 24.4 Å². The average Bonchev–Trinajstić information content (AvgIpc) is 2.97. The van der Waals surface area contributed by atoms with Crippen LogP contribution in [-0.2, 0) is 35.6 Å². The predicted octanol–water partition coefficient (Wildman–Crippen LogP) is 1.36. The van der Waals surface area contributed by atoms with Crippen LogP contribution < -0.4 is 5.32 Å². The van der Waals surface area contributed by atoms with Crippen LogP contribution in [0, 0.1) is 0 Å². The van der Waals surface area contributed by atoms with Gasteiger partial charge in [0.1, 0.15) is 0 Å². The lowest BCUT2D eigenvalue weighted by Gasteiger charge is -2.17.